The lowest BCUT2D eigenvalue weighted by Crippen LogP contribution is -2.37. The Bertz CT molecular complexity index is 656. The quantitative estimate of drug-likeness (QED) is 0.687. The van der Waals surface area contributed by atoms with E-state index in [2.05, 4.69) is 10.6 Å². The Labute approximate surface area is 145 Å². The van der Waals surface area contributed by atoms with E-state index in [1.165, 1.54) is 12.8 Å². The molecule has 6 heteroatoms. The van der Waals surface area contributed by atoms with Crippen LogP contribution in [0, 0.1) is 5.92 Å². The van der Waals surface area contributed by atoms with Crippen LogP contribution in [-0.4, -0.2) is 37.0 Å². The average Bonchev–Trinajstić information content (AvgIpc) is 3.24. The minimum atomic E-state index is -0.693. The summed E-state index contributed by atoms with van der Waals surface area (Å²) in [5.41, 5.74) is 1.73. The molecule has 1 aromatic carbocycles. The van der Waals surface area contributed by atoms with Crippen molar-refractivity contribution >= 4 is 23.1 Å². The van der Waals surface area contributed by atoms with Gasteiger partial charge in [0.05, 0.1) is 18.4 Å². The number of benzene rings is 1. The first-order valence-electron chi connectivity index (χ1n) is 8.16. The van der Waals surface area contributed by atoms with E-state index in [1.54, 1.807) is 11.3 Å². The number of rotatable bonds is 8. The number of urea groups is 1. The van der Waals surface area contributed by atoms with E-state index in [0.717, 1.165) is 16.1 Å². The molecule has 1 aliphatic rings. The Kier molecular flexibility index (Phi) is 5.85. The number of anilines is 1. The molecule has 1 aromatic heterocycles. The van der Waals surface area contributed by atoms with Crippen molar-refractivity contribution in [1.82, 2.24) is 5.32 Å². The molecule has 2 amide bonds. The predicted molar refractivity (Wildman–Crippen MR) is 96.3 cm³/mol. The Balaban J connectivity index is 1.46. The monoisotopic (exact) mass is 346 g/mol. The minimum Gasteiger partial charge on any atom is -0.389 e. The van der Waals surface area contributed by atoms with Gasteiger partial charge in [0.1, 0.15) is 0 Å². The van der Waals surface area contributed by atoms with Crippen LogP contribution >= 0.6 is 11.3 Å². The van der Waals surface area contributed by atoms with E-state index in [0.29, 0.717) is 12.5 Å². The molecule has 0 radical (unpaired) electrons. The first kappa shape index (κ1) is 17.0. The van der Waals surface area contributed by atoms with Crippen molar-refractivity contribution in [2.24, 2.45) is 5.92 Å². The van der Waals surface area contributed by atoms with Gasteiger partial charge >= 0.3 is 6.03 Å². The number of ether oxygens (including phenoxy) is 1. The van der Waals surface area contributed by atoms with Gasteiger partial charge in [0.15, 0.2) is 0 Å². The highest BCUT2D eigenvalue weighted by Gasteiger charge is 2.21. The van der Waals surface area contributed by atoms with Gasteiger partial charge in [-0.25, -0.2) is 4.79 Å². The zero-order valence-corrected chi connectivity index (χ0v) is 14.2. The summed E-state index contributed by atoms with van der Waals surface area (Å²) in [6.07, 6.45) is 1.75. The maximum Gasteiger partial charge on any atom is 0.319 e. The minimum absolute atomic E-state index is 0.164. The van der Waals surface area contributed by atoms with Gasteiger partial charge in [-0.2, -0.15) is 0 Å². The van der Waals surface area contributed by atoms with Gasteiger partial charge in [-0.3, -0.25) is 0 Å². The van der Waals surface area contributed by atoms with Gasteiger partial charge in [0.2, 0.25) is 0 Å². The van der Waals surface area contributed by atoms with Crippen molar-refractivity contribution in [1.29, 1.82) is 0 Å². The third-order valence-electron chi connectivity index (χ3n) is 3.82. The summed E-state index contributed by atoms with van der Waals surface area (Å²) < 4.78 is 5.42. The first-order chi connectivity index (χ1) is 11.7. The van der Waals surface area contributed by atoms with Gasteiger partial charge < -0.3 is 20.5 Å². The first-order valence-corrected chi connectivity index (χ1v) is 9.04. The summed E-state index contributed by atoms with van der Waals surface area (Å²) in [6, 6.07) is 11.3. The highest BCUT2D eigenvalue weighted by atomic mass is 32.1. The van der Waals surface area contributed by atoms with Crippen molar-refractivity contribution in [2.45, 2.75) is 18.9 Å². The molecule has 24 heavy (non-hydrogen) atoms. The number of hydrogen-bond donors (Lipinski definition) is 3. The molecular formula is C18H22N2O3S. The molecule has 0 aliphatic heterocycles. The SMILES string of the molecule is O=C(NCC(O)COCC1CC1)Nc1ccccc1-c1cccs1. The number of nitrogens with one attached hydrogen (secondary N) is 2. The molecule has 0 bridgehead atoms. The van der Waals surface area contributed by atoms with E-state index in [9.17, 15) is 9.90 Å². The third-order valence-corrected chi connectivity index (χ3v) is 4.72. The second-order valence-electron chi connectivity index (χ2n) is 5.99. The highest BCUT2D eigenvalue weighted by molar-refractivity contribution is 7.13. The Morgan fingerprint density at radius 3 is 2.88 bits per heavy atom. The molecule has 1 unspecified atom stereocenters. The molecule has 0 saturated heterocycles. The fourth-order valence-electron chi connectivity index (χ4n) is 2.33. The van der Waals surface area contributed by atoms with Crippen LogP contribution in [0.4, 0.5) is 10.5 Å². The molecule has 3 rings (SSSR count). The van der Waals surface area contributed by atoms with Gasteiger partial charge in [-0.15, -0.1) is 11.3 Å². The van der Waals surface area contributed by atoms with E-state index in [1.807, 2.05) is 41.8 Å². The molecule has 1 atom stereocenters. The van der Waals surface area contributed by atoms with Crippen LogP contribution in [0.3, 0.4) is 0 Å². The summed E-state index contributed by atoms with van der Waals surface area (Å²) in [5, 5.41) is 17.4. The number of para-hydroxylation sites is 1. The second-order valence-corrected chi connectivity index (χ2v) is 6.94. The molecule has 1 fully saturated rings. The van der Waals surface area contributed by atoms with Crippen LogP contribution in [0.1, 0.15) is 12.8 Å². The standard InChI is InChI=1S/C18H22N2O3S/c21-14(12-23-11-13-7-8-13)10-19-18(22)20-16-5-2-1-4-15(16)17-6-3-9-24-17/h1-6,9,13-14,21H,7-8,10-12H2,(H2,19,20,22). The third kappa shape index (κ3) is 5.06. The molecule has 1 saturated carbocycles. The van der Waals surface area contributed by atoms with Crippen LogP contribution in [0.15, 0.2) is 41.8 Å². The van der Waals surface area contributed by atoms with Gasteiger partial charge in [0.25, 0.3) is 0 Å². The van der Waals surface area contributed by atoms with Crippen LogP contribution in [0.25, 0.3) is 10.4 Å². The highest BCUT2D eigenvalue weighted by Crippen LogP contribution is 2.31. The normalized spacial score (nSPS) is 15.0. The van der Waals surface area contributed by atoms with E-state index < -0.39 is 6.10 Å². The number of hydrogen-bond acceptors (Lipinski definition) is 4. The smallest absolute Gasteiger partial charge is 0.319 e. The van der Waals surface area contributed by atoms with Crippen LogP contribution in [-0.2, 0) is 4.74 Å². The fourth-order valence-corrected chi connectivity index (χ4v) is 3.10. The Morgan fingerprint density at radius 2 is 2.12 bits per heavy atom. The summed E-state index contributed by atoms with van der Waals surface area (Å²) in [6.45, 7) is 1.12. The molecule has 0 spiro atoms. The lowest BCUT2D eigenvalue weighted by molar-refractivity contribution is 0.0339. The maximum absolute atomic E-state index is 12.1. The Morgan fingerprint density at radius 1 is 1.29 bits per heavy atom. The van der Waals surface area contributed by atoms with Gasteiger partial charge in [-0.1, -0.05) is 24.3 Å². The fraction of sp³-hybridized carbons (Fsp3) is 0.389. The second kappa shape index (κ2) is 8.28. The van der Waals surface area contributed by atoms with E-state index in [-0.39, 0.29) is 19.2 Å². The van der Waals surface area contributed by atoms with Crippen molar-refractivity contribution in [2.75, 3.05) is 25.1 Å². The van der Waals surface area contributed by atoms with Gasteiger partial charge in [0, 0.05) is 23.6 Å². The molecule has 128 valence electrons. The number of aliphatic hydroxyl groups excluding tert-OH is 1. The zero-order chi connectivity index (χ0) is 16.8. The van der Waals surface area contributed by atoms with Crippen molar-refractivity contribution in [3.05, 3.63) is 41.8 Å². The van der Waals surface area contributed by atoms with Crippen molar-refractivity contribution < 1.29 is 14.6 Å². The topological polar surface area (TPSA) is 70.6 Å². The molecule has 1 aliphatic carbocycles. The number of aliphatic hydroxyl groups is 1. The number of thiophene rings is 1. The van der Waals surface area contributed by atoms with Crippen molar-refractivity contribution in [3.8, 4) is 10.4 Å². The number of carbonyl (C=O) groups is 1. The molecule has 2 aromatic rings. The van der Waals surface area contributed by atoms with E-state index in [4.69, 9.17) is 4.74 Å². The zero-order valence-electron chi connectivity index (χ0n) is 13.4. The summed E-state index contributed by atoms with van der Waals surface area (Å²) >= 11 is 1.62. The summed E-state index contributed by atoms with van der Waals surface area (Å²) in [7, 11) is 0. The predicted octanol–water partition coefficient (Wildman–Crippen LogP) is 3.32. The summed E-state index contributed by atoms with van der Waals surface area (Å²) in [5.74, 6) is 0.669. The molecule has 1 heterocycles. The van der Waals surface area contributed by atoms with Crippen LogP contribution in [0.5, 0.6) is 0 Å². The van der Waals surface area contributed by atoms with E-state index >= 15 is 0 Å². The van der Waals surface area contributed by atoms with Crippen LogP contribution in [0.2, 0.25) is 0 Å². The summed E-state index contributed by atoms with van der Waals surface area (Å²) in [4.78, 5) is 13.2. The average molecular weight is 346 g/mol. The van der Waals surface area contributed by atoms with Crippen molar-refractivity contribution in [3.63, 3.8) is 0 Å². The molecular weight excluding hydrogens is 324 g/mol. The molecule has 3 N–H and O–H groups in total. The largest absolute Gasteiger partial charge is 0.389 e. The lowest BCUT2D eigenvalue weighted by atomic mass is 10.1. The maximum atomic E-state index is 12.1. The van der Waals surface area contributed by atoms with Crippen LogP contribution < -0.4 is 10.6 Å². The number of amides is 2. The van der Waals surface area contributed by atoms with Gasteiger partial charge in [-0.05, 0) is 36.3 Å². The number of carbonyl (C=O) groups excluding carboxylic acids is 1. The Hall–Kier alpha value is -1.89. The lowest BCUT2D eigenvalue weighted by Gasteiger charge is -2.14. The molecule has 5 nitrogen and oxygen atoms in total.